The van der Waals surface area contributed by atoms with Crippen molar-refractivity contribution in [2.75, 3.05) is 0 Å². The second kappa shape index (κ2) is 7.61. The number of benzene rings is 1. The van der Waals surface area contributed by atoms with Crippen LogP contribution in [-0.4, -0.2) is 0 Å². The predicted molar refractivity (Wildman–Crippen MR) is 84.8 cm³/mol. The summed E-state index contributed by atoms with van der Waals surface area (Å²) in [5.74, 6) is 1.86. The summed E-state index contributed by atoms with van der Waals surface area (Å²) < 4.78 is 0. The molecule has 0 heterocycles. The Bertz CT molecular complexity index is 357. The lowest BCUT2D eigenvalue weighted by molar-refractivity contribution is 0.743. The topological polar surface area (TPSA) is 0 Å². The van der Waals surface area contributed by atoms with Gasteiger partial charge in [-0.2, -0.15) is 0 Å². The molecule has 0 aliphatic carbocycles. The summed E-state index contributed by atoms with van der Waals surface area (Å²) in [4.78, 5) is 0. The quantitative estimate of drug-likeness (QED) is 0.581. The summed E-state index contributed by atoms with van der Waals surface area (Å²) in [6.07, 6.45) is 0. The van der Waals surface area contributed by atoms with E-state index in [0.29, 0.717) is 17.8 Å². The molecular weight excluding hydrogens is 216 g/mol. The van der Waals surface area contributed by atoms with Gasteiger partial charge >= 0.3 is 0 Å². The van der Waals surface area contributed by atoms with E-state index in [-0.39, 0.29) is 0 Å². The number of hydrogen-bond donors (Lipinski definition) is 0. The molecular formula is C18H32. The summed E-state index contributed by atoms with van der Waals surface area (Å²) in [6, 6.07) is 4.61. The van der Waals surface area contributed by atoms with Crippen LogP contribution >= 0.6 is 0 Å². The molecule has 0 aliphatic rings. The molecule has 0 saturated heterocycles. The zero-order valence-electron chi connectivity index (χ0n) is 13.9. The Hall–Kier alpha value is -0.780. The zero-order valence-corrected chi connectivity index (χ0v) is 13.9. The Labute approximate surface area is 115 Å². The molecule has 0 atom stereocenters. The van der Waals surface area contributed by atoms with E-state index in [1.54, 1.807) is 11.1 Å². The predicted octanol–water partition coefficient (Wildman–Crippen LogP) is 6.39. The maximum absolute atomic E-state index is 2.32. The van der Waals surface area contributed by atoms with Crippen LogP contribution < -0.4 is 0 Å². The van der Waals surface area contributed by atoms with Crippen molar-refractivity contribution < 1.29 is 0 Å². The fourth-order valence-corrected chi connectivity index (χ4v) is 2.68. The minimum Gasteiger partial charge on any atom is -0.0683 e. The molecule has 0 unspecified atom stereocenters. The van der Waals surface area contributed by atoms with Crippen LogP contribution in [0.4, 0.5) is 0 Å². The van der Waals surface area contributed by atoms with Crippen LogP contribution in [0.25, 0.3) is 0 Å². The molecule has 0 nitrogen and oxygen atoms in total. The van der Waals surface area contributed by atoms with E-state index in [9.17, 15) is 0 Å². The molecule has 0 N–H and O–H groups in total. The highest BCUT2D eigenvalue weighted by atomic mass is 14.2. The first-order valence-electron chi connectivity index (χ1n) is 7.49. The third kappa shape index (κ3) is 3.86. The normalized spacial score (nSPS) is 10.9. The van der Waals surface area contributed by atoms with Crippen LogP contribution in [0.3, 0.4) is 0 Å². The van der Waals surface area contributed by atoms with Gasteiger partial charge < -0.3 is 0 Å². The van der Waals surface area contributed by atoms with E-state index in [1.807, 2.05) is 13.8 Å². The fourth-order valence-electron chi connectivity index (χ4n) is 2.68. The first-order chi connectivity index (χ1) is 8.36. The second-order valence-electron chi connectivity index (χ2n) is 5.76. The molecule has 0 saturated carbocycles. The van der Waals surface area contributed by atoms with Gasteiger partial charge in [-0.25, -0.2) is 0 Å². The fraction of sp³-hybridized carbons (Fsp3) is 0.667. The van der Waals surface area contributed by atoms with Gasteiger partial charge in [0.2, 0.25) is 0 Å². The molecule has 0 heteroatoms. The van der Waals surface area contributed by atoms with Crippen molar-refractivity contribution in [3.05, 3.63) is 34.4 Å². The zero-order chi connectivity index (χ0) is 14.5. The molecule has 1 aromatic rings. The van der Waals surface area contributed by atoms with Crippen molar-refractivity contribution in [1.29, 1.82) is 0 Å². The van der Waals surface area contributed by atoms with Gasteiger partial charge in [0.05, 0.1) is 0 Å². The third-order valence-corrected chi connectivity index (χ3v) is 3.32. The van der Waals surface area contributed by atoms with Gasteiger partial charge in [-0.3, -0.25) is 0 Å². The minimum atomic E-state index is 0.620. The molecule has 1 aromatic carbocycles. The molecule has 0 aromatic heterocycles. The van der Waals surface area contributed by atoms with Gasteiger partial charge in [-0.1, -0.05) is 67.5 Å². The summed E-state index contributed by atoms with van der Waals surface area (Å²) in [5, 5.41) is 0. The van der Waals surface area contributed by atoms with Crippen molar-refractivity contribution in [3.8, 4) is 0 Å². The van der Waals surface area contributed by atoms with Crippen LogP contribution in [0.15, 0.2) is 12.1 Å². The van der Waals surface area contributed by atoms with Crippen LogP contribution in [0.1, 0.15) is 95.4 Å². The van der Waals surface area contributed by atoms with Gasteiger partial charge in [0.25, 0.3) is 0 Å². The molecule has 1 rings (SSSR count). The molecule has 0 bridgehead atoms. The average Bonchev–Trinajstić information content (AvgIpc) is 2.30. The van der Waals surface area contributed by atoms with Gasteiger partial charge in [0.1, 0.15) is 0 Å². The lowest BCUT2D eigenvalue weighted by Crippen LogP contribution is -2.07. The summed E-state index contributed by atoms with van der Waals surface area (Å²) in [7, 11) is 0. The number of rotatable bonds is 3. The molecule has 0 radical (unpaired) electrons. The average molecular weight is 248 g/mol. The minimum absolute atomic E-state index is 0.620. The van der Waals surface area contributed by atoms with Gasteiger partial charge in [0.15, 0.2) is 0 Å². The Kier molecular flexibility index (Phi) is 7.28. The molecule has 0 spiro atoms. The standard InChI is InChI=1S/C16H26.C2H6/c1-10(2)14-9-8-13(7)15(11(3)4)16(14)12(5)6;1-2/h8-12H,1-7H3;1-2H3. The van der Waals surface area contributed by atoms with Gasteiger partial charge in [0, 0.05) is 0 Å². The van der Waals surface area contributed by atoms with Crippen molar-refractivity contribution in [1.82, 2.24) is 0 Å². The van der Waals surface area contributed by atoms with E-state index in [1.165, 1.54) is 11.1 Å². The first kappa shape index (κ1) is 17.2. The van der Waals surface area contributed by atoms with Gasteiger partial charge in [-0.05, 0) is 46.9 Å². The van der Waals surface area contributed by atoms with E-state index in [0.717, 1.165) is 0 Å². The molecule has 0 amide bonds. The van der Waals surface area contributed by atoms with Crippen molar-refractivity contribution in [2.45, 2.75) is 80.1 Å². The summed E-state index contributed by atoms with van der Waals surface area (Å²) in [5.41, 5.74) is 6.14. The summed E-state index contributed by atoms with van der Waals surface area (Å²) in [6.45, 7) is 20.1. The lowest BCUT2D eigenvalue weighted by atomic mass is 9.81. The highest BCUT2D eigenvalue weighted by molar-refractivity contribution is 5.45. The van der Waals surface area contributed by atoms with E-state index in [2.05, 4.69) is 60.6 Å². The molecule has 18 heavy (non-hydrogen) atoms. The molecule has 0 aliphatic heterocycles. The van der Waals surface area contributed by atoms with Crippen LogP contribution in [-0.2, 0) is 0 Å². The van der Waals surface area contributed by atoms with E-state index in [4.69, 9.17) is 0 Å². The van der Waals surface area contributed by atoms with Crippen molar-refractivity contribution in [3.63, 3.8) is 0 Å². The summed E-state index contributed by atoms with van der Waals surface area (Å²) >= 11 is 0. The highest BCUT2D eigenvalue weighted by Crippen LogP contribution is 2.35. The van der Waals surface area contributed by atoms with Gasteiger partial charge in [-0.15, -0.1) is 0 Å². The first-order valence-corrected chi connectivity index (χ1v) is 7.49. The van der Waals surface area contributed by atoms with Crippen molar-refractivity contribution >= 4 is 0 Å². The Balaban J connectivity index is 0.00000137. The van der Waals surface area contributed by atoms with E-state index >= 15 is 0 Å². The largest absolute Gasteiger partial charge is 0.0683 e. The Morgan fingerprint density at radius 3 is 1.44 bits per heavy atom. The van der Waals surface area contributed by atoms with Crippen LogP contribution in [0, 0.1) is 6.92 Å². The maximum Gasteiger partial charge on any atom is -0.0213 e. The molecule has 0 fully saturated rings. The number of aryl methyl sites for hydroxylation is 1. The van der Waals surface area contributed by atoms with E-state index < -0.39 is 0 Å². The monoisotopic (exact) mass is 248 g/mol. The lowest BCUT2D eigenvalue weighted by Gasteiger charge is -2.24. The highest BCUT2D eigenvalue weighted by Gasteiger charge is 2.17. The van der Waals surface area contributed by atoms with Crippen LogP contribution in [0.2, 0.25) is 0 Å². The van der Waals surface area contributed by atoms with Crippen molar-refractivity contribution in [2.24, 2.45) is 0 Å². The number of hydrogen-bond acceptors (Lipinski definition) is 0. The third-order valence-electron chi connectivity index (χ3n) is 3.32. The molecule has 104 valence electrons. The SMILES string of the molecule is CC.Cc1ccc(C(C)C)c(C(C)C)c1C(C)C. The smallest absolute Gasteiger partial charge is 0.0213 e. The van der Waals surface area contributed by atoms with Crippen LogP contribution in [0.5, 0.6) is 0 Å². The Morgan fingerprint density at radius 2 is 1.11 bits per heavy atom. The second-order valence-corrected chi connectivity index (χ2v) is 5.76. The Morgan fingerprint density at radius 1 is 0.667 bits per heavy atom. The maximum atomic E-state index is 2.32.